The molecule has 2 aliphatic heterocycles. The molecule has 7 heteroatoms. The van der Waals surface area contributed by atoms with Gasteiger partial charge in [-0.2, -0.15) is 0 Å². The highest BCUT2D eigenvalue weighted by Gasteiger charge is 2.45. The highest BCUT2D eigenvalue weighted by molar-refractivity contribution is 6.46. The van der Waals surface area contributed by atoms with Crippen LogP contribution in [-0.2, 0) is 9.59 Å². The van der Waals surface area contributed by atoms with Crippen molar-refractivity contribution < 1.29 is 28.9 Å². The molecule has 1 saturated heterocycles. The molecule has 0 spiro atoms. The number of aliphatic hydroxyl groups is 1. The van der Waals surface area contributed by atoms with Gasteiger partial charge in [0.2, 0.25) is 0 Å². The van der Waals surface area contributed by atoms with Crippen molar-refractivity contribution in [1.82, 2.24) is 4.90 Å². The van der Waals surface area contributed by atoms with Gasteiger partial charge in [-0.25, -0.2) is 0 Å². The lowest BCUT2D eigenvalue weighted by molar-refractivity contribution is -0.139. The second kappa shape index (κ2) is 9.98. The molecule has 0 aromatic heterocycles. The number of benzene rings is 2. The Hall–Kier alpha value is -3.48. The first-order chi connectivity index (χ1) is 16.0. The van der Waals surface area contributed by atoms with Gasteiger partial charge >= 0.3 is 0 Å². The molecule has 0 radical (unpaired) electrons. The van der Waals surface area contributed by atoms with Crippen molar-refractivity contribution >= 4 is 17.4 Å². The fraction of sp³-hybridized carbons (Fsp3) is 0.385. The minimum absolute atomic E-state index is 0.0739. The van der Waals surface area contributed by atoms with E-state index in [2.05, 4.69) is 6.92 Å². The monoisotopic (exact) mass is 451 g/mol. The first-order valence-corrected chi connectivity index (χ1v) is 11.5. The lowest BCUT2D eigenvalue weighted by atomic mass is 9.95. The molecule has 4 rings (SSSR count). The summed E-state index contributed by atoms with van der Waals surface area (Å²) < 4.78 is 16.9. The van der Waals surface area contributed by atoms with Crippen LogP contribution in [0.4, 0.5) is 0 Å². The third kappa shape index (κ3) is 4.53. The fourth-order valence-corrected chi connectivity index (χ4v) is 4.12. The summed E-state index contributed by atoms with van der Waals surface area (Å²) in [6.45, 7) is 5.95. The Kier molecular flexibility index (Phi) is 6.87. The molecule has 174 valence electrons. The van der Waals surface area contributed by atoms with Crippen molar-refractivity contribution in [3.05, 3.63) is 59.2 Å². The summed E-state index contributed by atoms with van der Waals surface area (Å²) in [6.07, 6.45) is 2.70. The third-order valence-corrected chi connectivity index (χ3v) is 5.78. The Morgan fingerprint density at radius 2 is 1.76 bits per heavy atom. The van der Waals surface area contributed by atoms with Crippen LogP contribution in [0.2, 0.25) is 0 Å². The normalized spacial score (nSPS) is 19.1. The van der Waals surface area contributed by atoms with Gasteiger partial charge in [0.1, 0.15) is 24.7 Å². The van der Waals surface area contributed by atoms with E-state index in [0.29, 0.717) is 49.8 Å². The zero-order chi connectivity index (χ0) is 23.4. The van der Waals surface area contributed by atoms with Crippen molar-refractivity contribution in [3.63, 3.8) is 0 Å². The number of nitrogens with zero attached hydrogens (tertiary/aromatic N) is 1. The topological polar surface area (TPSA) is 85.3 Å². The van der Waals surface area contributed by atoms with Gasteiger partial charge in [-0.3, -0.25) is 9.59 Å². The first kappa shape index (κ1) is 22.7. The predicted octanol–water partition coefficient (Wildman–Crippen LogP) is 4.47. The number of hydrogen-bond donors (Lipinski definition) is 1. The Morgan fingerprint density at radius 1 is 1.03 bits per heavy atom. The van der Waals surface area contributed by atoms with Gasteiger partial charge < -0.3 is 24.2 Å². The number of Topliss-reactive ketones (excluding diaryl/α,β-unsaturated/α-hetero) is 1. The van der Waals surface area contributed by atoms with Crippen LogP contribution < -0.4 is 14.2 Å². The number of aliphatic hydroxyl groups excluding tert-OH is 1. The van der Waals surface area contributed by atoms with Crippen LogP contribution in [0.15, 0.2) is 48.0 Å². The third-order valence-electron chi connectivity index (χ3n) is 5.78. The molecule has 1 atom stereocenters. The zero-order valence-corrected chi connectivity index (χ0v) is 19.0. The van der Waals surface area contributed by atoms with Gasteiger partial charge in [-0.15, -0.1) is 0 Å². The maximum absolute atomic E-state index is 13.0. The van der Waals surface area contributed by atoms with E-state index in [1.807, 2.05) is 31.2 Å². The van der Waals surface area contributed by atoms with E-state index < -0.39 is 17.7 Å². The molecule has 0 saturated carbocycles. The van der Waals surface area contributed by atoms with Crippen LogP contribution >= 0.6 is 0 Å². The van der Waals surface area contributed by atoms with Crippen LogP contribution in [0.3, 0.4) is 0 Å². The Balaban J connectivity index is 1.73. The summed E-state index contributed by atoms with van der Waals surface area (Å²) in [4.78, 5) is 27.4. The van der Waals surface area contributed by atoms with Crippen molar-refractivity contribution in [2.24, 2.45) is 0 Å². The van der Waals surface area contributed by atoms with Crippen LogP contribution in [0.5, 0.6) is 17.2 Å². The molecule has 33 heavy (non-hydrogen) atoms. The number of amides is 1. The average molecular weight is 452 g/mol. The molecule has 2 aromatic rings. The van der Waals surface area contributed by atoms with E-state index in [1.54, 1.807) is 18.2 Å². The summed E-state index contributed by atoms with van der Waals surface area (Å²) in [5, 5.41) is 11.2. The molecule has 1 N–H and O–H groups in total. The molecule has 7 nitrogen and oxygen atoms in total. The van der Waals surface area contributed by atoms with Gasteiger partial charge in [-0.05, 0) is 48.7 Å². The fourth-order valence-electron chi connectivity index (χ4n) is 4.12. The SMILES string of the molecule is CCCCOc1ccc(C2/C(=C(/O)c3ccc4c(c3)OCCO4)C(=O)C(=O)N2CCC)cc1. The molecule has 0 aliphatic carbocycles. The minimum Gasteiger partial charge on any atom is -0.507 e. The number of likely N-dealkylation sites (tertiary alicyclic amines) is 1. The molecule has 2 aromatic carbocycles. The van der Waals surface area contributed by atoms with Gasteiger partial charge in [0, 0.05) is 12.1 Å². The number of ketones is 1. The largest absolute Gasteiger partial charge is 0.507 e. The summed E-state index contributed by atoms with van der Waals surface area (Å²) >= 11 is 0. The second-order valence-corrected chi connectivity index (χ2v) is 8.12. The lowest BCUT2D eigenvalue weighted by Gasteiger charge is -2.25. The van der Waals surface area contributed by atoms with Crippen LogP contribution in [0.1, 0.15) is 50.3 Å². The van der Waals surface area contributed by atoms with E-state index in [9.17, 15) is 14.7 Å². The number of rotatable bonds is 8. The molecule has 1 fully saturated rings. The zero-order valence-electron chi connectivity index (χ0n) is 19.0. The molecular formula is C26H29NO6. The second-order valence-electron chi connectivity index (χ2n) is 8.12. The number of carbonyl (C=O) groups excluding carboxylic acids is 2. The van der Waals surface area contributed by atoms with Gasteiger partial charge in [0.25, 0.3) is 11.7 Å². The molecule has 2 aliphatic rings. The number of ether oxygens (including phenoxy) is 3. The predicted molar refractivity (Wildman–Crippen MR) is 124 cm³/mol. The number of fused-ring (bicyclic) bond motifs is 1. The molecule has 0 bridgehead atoms. The van der Waals surface area contributed by atoms with Gasteiger partial charge in [0.05, 0.1) is 18.2 Å². The van der Waals surface area contributed by atoms with Crippen molar-refractivity contribution in [2.75, 3.05) is 26.4 Å². The maximum Gasteiger partial charge on any atom is 0.295 e. The van der Waals surface area contributed by atoms with Crippen LogP contribution in [0.25, 0.3) is 5.76 Å². The van der Waals surface area contributed by atoms with Crippen molar-refractivity contribution in [1.29, 1.82) is 0 Å². The highest BCUT2D eigenvalue weighted by Crippen LogP contribution is 2.41. The summed E-state index contributed by atoms with van der Waals surface area (Å²) in [5.41, 5.74) is 1.22. The van der Waals surface area contributed by atoms with E-state index in [-0.39, 0.29) is 11.3 Å². The number of hydrogen-bond acceptors (Lipinski definition) is 6. The average Bonchev–Trinajstić information content (AvgIpc) is 3.09. The van der Waals surface area contributed by atoms with E-state index in [1.165, 1.54) is 4.90 Å². The van der Waals surface area contributed by atoms with E-state index in [0.717, 1.165) is 24.2 Å². The van der Waals surface area contributed by atoms with E-state index in [4.69, 9.17) is 14.2 Å². The van der Waals surface area contributed by atoms with Crippen molar-refractivity contribution in [2.45, 2.75) is 39.2 Å². The van der Waals surface area contributed by atoms with E-state index >= 15 is 0 Å². The molecule has 1 amide bonds. The summed E-state index contributed by atoms with van der Waals surface area (Å²) in [7, 11) is 0. The standard InChI is InChI=1S/C26H29NO6/c1-3-5-13-31-19-9-6-17(7-10-19)23-22(25(29)26(30)27(23)12-4-2)24(28)18-8-11-20-21(16-18)33-15-14-32-20/h6-11,16,23,28H,3-5,12-15H2,1-2H3/b24-22-. The minimum atomic E-state index is -0.691. The van der Waals surface area contributed by atoms with Crippen LogP contribution in [0, 0.1) is 0 Å². The highest BCUT2D eigenvalue weighted by atomic mass is 16.6. The lowest BCUT2D eigenvalue weighted by Crippen LogP contribution is -2.30. The molecule has 2 heterocycles. The smallest absolute Gasteiger partial charge is 0.295 e. The molecular weight excluding hydrogens is 422 g/mol. The number of carbonyl (C=O) groups is 2. The van der Waals surface area contributed by atoms with Gasteiger partial charge in [-0.1, -0.05) is 32.4 Å². The first-order valence-electron chi connectivity index (χ1n) is 11.5. The Morgan fingerprint density at radius 3 is 2.45 bits per heavy atom. The summed E-state index contributed by atoms with van der Waals surface area (Å²) in [5.74, 6) is 0.287. The summed E-state index contributed by atoms with van der Waals surface area (Å²) in [6, 6.07) is 11.7. The maximum atomic E-state index is 13.0. The van der Waals surface area contributed by atoms with Crippen molar-refractivity contribution in [3.8, 4) is 17.2 Å². The Labute approximate surface area is 193 Å². The van der Waals surface area contributed by atoms with Gasteiger partial charge in [0.15, 0.2) is 11.5 Å². The number of unbranched alkanes of at least 4 members (excludes halogenated alkanes) is 1. The van der Waals surface area contributed by atoms with Crippen LogP contribution in [-0.4, -0.2) is 48.1 Å². The Bertz CT molecular complexity index is 1060. The molecule has 1 unspecified atom stereocenters. The quantitative estimate of drug-likeness (QED) is 0.276.